The van der Waals surface area contributed by atoms with Crippen LogP contribution >= 0.6 is 0 Å². The molecule has 208 valence electrons. The Morgan fingerprint density at radius 1 is 1.07 bits per heavy atom. The molecule has 0 N–H and O–H groups in total. The second-order valence-electron chi connectivity index (χ2n) is 10.7. The van der Waals surface area contributed by atoms with E-state index in [0.717, 1.165) is 31.6 Å². The first-order valence-electron chi connectivity index (χ1n) is 13.7. The van der Waals surface area contributed by atoms with Gasteiger partial charge in [0.1, 0.15) is 41.4 Å². The van der Waals surface area contributed by atoms with Crippen molar-refractivity contribution in [3.05, 3.63) is 77.4 Å². The number of amides is 1. The first-order valence-corrected chi connectivity index (χ1v) is 13.7. The molecule has 40 heavy (non-hydrogen) atoms. The van der Waals surface area contributed by atoms with E-state index in [1.165, 1.54) is 12.1 Å². The summed E-state index contributed by atoms with van der Waals surface area (Å²) in [6.45, 7) is 7.18. The number of fused-ring (bicyclic) bond motifs is 3. The number of benzene rings is 2. The van der Waals surface area contributed by atoms with Crippen molar-refractivity contribution in [3.63, 3.8) is 0 Å². The number of carbonyl (C=O) groups is 2. The Bertz CT molecular complexity index is 1450. The highest BCUT2D eigenvalue weighted by Crippen LogP contribution is 2.48. The second-order valence-corrected chi connectivity index (χ2v) is 10.7. The molecule has 3 aromatic rings. The van der Waals surface area contributed by atoms with Crippen LogP contribution in [0.4, 0.5) is 10.1 Å². The molecule has 0 spiro atoms. The molecule has 0 aliphatic carbocycles. The lowest BCUT2D eigenvalue weighted by atomic mass is 9.67. The summed E-state index contributed by atoms with van der Waals surface area (Å²) in [5, 5.41) is 10.5. The Morgan fingerprint density at radius 3 is 2.55 bits per heavy atom. The Morgan fingerprint density at radius 2 is 1.85 bits per heavy atom. The van der Waals surface area contributed by atoms with Gasteiger partial charge in [-0.1, -0.05) is 35.5 Å². The van der Waals surface area contributed by atoms with Gasteiger partial charge < -0.3 is 14.2 Å². The van der Waals surface area contributed by atoms with Crippen LogP contribution in [-0.4, -0.2) is 77.7 Å². The molecule has 6 rings (SSSR count). The Balaban J connectivity index is 1.21. The van der Waals surface area contributed by atoms with Crippen molar-refractivity contribution in [3.8, 4) is 5.75 Å². The molecule has 1 aromatic heterocycles. The number of halogens is 1. The van der Waals surface area contributed by atoms with Crippen molar-refractivity contribution < 1.29 is 23.2 Å². The largest absolute Gasteiger partial charge is 0.489 e. The second kappa shape index (κ2) is 10.5. The van der Waals surface area contributed by atoms with Crippen molar-refractivity contribution in [2.75, 3.05) is 44.3 Å². The van der Waals surface area contributed by atoms with Gasteiger partial charge in [0.05, 0.1) is 5.41 Å². The Labute approximate surface area is 232 Å². The van der Waals surface area contributed by atoms with E-state index in [-0.39, 0.29) is 23.5 Å². The maximum absolute atomic E-state index is 14.3. The highest BCUT2D eigenvalue weighted by molar-refractivity contribution is 6.43. The molecule has 1 fully saturated rings. The zero-order chi connectivity index (χ0) is 27.9. The van der Waals surface area contributed by atoms with Gasteiger partial charge >= 0.3 is 0 Å². The fourth-order valence-corrected chi connectivity index (χ4v) is 6.29. The van der Waals surface area contributed by atoms with Crippen molar-refractivity contribution in [2.45, 2.75) is 38.1 Å². The highest BCUT2D eigenvalue weighted by Gasteiger charge is 2.55. The number of hydrazone groups is 1. The summed E-state index contributed by atoms with van der Waals surface area (Å²) in [5.41, 5.74) is 1.64. The van der Waals surface area contributed by atoms with Gasteiger partial charge in [-0.25, -0.2) is 4.39 Å². The fraction of sp³-hybridized carbons (Fsp3) is 0.400. The Hall–Kier alpha value is -4.05. The minimum atomic E-state index is -0.709. The van der Waals surface area contributed by atoms with E-state index in [4.69, 9.17) is 14.4 Å². The molecule has 1 amide bonds. The number of hydrogen-bond acceptors (Lipinski definition) is 8. The van der Waals surface area contributed by atoms with Crippen LogP contribution in [0.2, 0.25) is 0 Å². The van der Waals surface area contributed by atoms with E-state index >= 15 is 0 Å². The number of aromatic nitrogens is 1. The lowest BCUT2D eigenvalue weighted by Gasteiger charge is -2.42. The zero-order valence-corrected chi connectivity index (χ0v) is 22.7. The normalized spacial score (nSPS) is 22.4. The molecule has 10 heteroatoms. The third-order valence-electron chi connectivity index (χ3n) is 8.23. The number of ether oxygens (including phenoxy) is 1. The predicted octanol–water partition coefficient (Wildman–Crippen LogP) is 3.82. The fourth-order valence-electron chi connectivity index (χ4n) is 6.29. The average molecular weight is 546 g/mol. The number of anilines is 1. The molecule has 0 saturated carbocycles. The molecule has 2 aromatic carbocycles. The monoisotopic (exact) mass is 545 g/mol. The standard InChI is InChI=1S/C30H32FN5O4/c1-20-17-24(33-40-20)29(38)35-15-13-34(14-16-35)12-6-11-30(22-7-4-3-5-8-22)27-19-39-26-10-9-23(31)18-25(26)36(27)32-28(30)21(2)37/h3-5,7-10,17-18,27H,6,11-16,19H2,1-2H3/t27-,30+/m0/s1. The summed E-state index contributed by atoms with van der Waals surface area (Å²) < 4.78 is 25.4. The van der Waals surface area contributed by atoms with Gasteiger partial charge in [0, 0.05) is 45.2 Å². The highest BCUT2D eigenvalue weighted by atomic mass is 19.1. The summed E-state index contributed by atoms with van der Waals surface area (Å²) in [5.74, 6) is 0.580. The van der Waals surface area contributed by atoms with Gasteiger partial charge in [-0.05, 0) is 44.0 Å². The predicted molar refractivity (Wildman–Crippen MR) is 147 cm³/mol. The number of rotatable bonds is 7. The van der Waals surface area contributed by atoms with Gasteiger partial charge in [-0.15, -0.1) is 0 Å². The summed E-state index contributed by atoms with van der Waals surface area (Å²) in [7, 11) is 0. The molecule has 1 saturated heterocycles. The van der Waals surface area contributed by atoms with Crippen LogP contribution in [0.1, 0.15) is 41.6 Å². The van der Waals surface area contributed by atoms with Crippen LogP contribution in [0.5, 0.6) is 5.75 Å². The van der Waals surface area contributed by atoms with Gasteiger partial charge in [0.15, 0.2) is 11.5 Å². The van der Waals surface area contributed by atoms with E-state index in [1.807, 2.05) is 35.2 Å². The summed E-state index contributed by atoms with van der Waals surface area (Å²) in [6.07, 6.45) is 1.47. The van der Waals surface area contributed by atoms with Crippen LogP contribution in [0, 0.1) is 12.7 Å². The maximum Gasteiger partial charge on any atom is 0.276 e. The minimum absolute atomic E-state index is 0.105. The smallest absolute Gasteiger partial charge is 0.276 e. The molecule has 0 bridgehead atoms. The summed E-state index contributed by atoms with van der Waals surface area (Å²) >= 11 is 0. The van der Waals surface area contributed by atoms with Gasteiger partial charge in [0.25, 0.3) is 5.91 Å². The lowest BCUT2D eigenvalue weighted by Crippen LogP contribution is -2.54. The quantitative estimate of drug-likeness (QED) is 0.446. The van der Waals surface area contributed by atoms with Crippen LogP contribution in [0.25, 0.3) is 0 Å². The summed E-state index contributed by atoms with van der Waals surface area (Å²) in [4.78, 5) is 30.0. The number of carbonyl (C=O) groups excluding carboxylic acids is 2. The minimum Gasteiger partial charge on any atom is -0.489 e. The van der Waals surface area contributed by atoms with Crippen molar-refractivity contribution in [1.29, 1.82) is 0 Å². The zero-order valence-electron chi connectivity index (χ0n) is 22.7. The molecule has 0 unspecified atom stereocenters. The number of aryl methyl sites for hydroxylation is 1. The first kappa shape index (κ1) is 26.2. The average Bonchev–Trinajstić information content (AvgIpc) is 3.56. The van der Waals surface area contributed by atoms with Crippen LogP contribution < -0.4 is 9.75 Å². The van der Waals surface area contributed by atoms with Crippen molar-refractivity contribution in [1.82, 2.24) is 15.0 Å². The van der Waals surface area contributed by atoms with E-state index in [2.05, 4.69) is 10.1 Å². The van der Waals surface area contributed by atoms with E-state index in [0.29, 0.717) is 54.7 Å². The van der Waals surface area contributed by atoms with Gasteiger partial charge in [-0.3, -0.25) is 19.5 Å². The van der Waals surface area contributed by atoms with E-state index < -0.39 is 5.41 Å². The first-order chi connectivity index (χ1) is 19.4. The number of nitrogens with zero attached hydrogens (tertiary/aromatic N) is 5. The number of ketones is 1. The molecular formula is C30H32FN5O4. The molecule has 3 aliphatic heterocycles. The van der Waals surface area contributed by atoms with Crippen molar-refractivity contribution in [2.24, 2.45) is 5.10 Å². The SMILES string of the molecule is CC(=O)C1=NN2c3cc(F)ccc3OC[C@H]2[C@@]1(CCCN1CCN(C(=O)c2cc(C)on2)CC1)c1ccccc1. The number of Topliss-reactive ketones (excluding diaryl/α,β-unsaturated/α-hetero) is 1. The Kier molecular flexibility index (Phi) is 6.87. The van der Waals surface area contributed by atoms with E-state index in [9.17, 15) is 14.0 Å². The molecular weight excluding hydrogens is 513 g/mol. The van der Waals surface area contributed by atoms with Crippen LogP contribution in [-0.2, 0) is 10.2 Å². The molecule has 0 radical (unpaired) electrons. The third-order valence-corrected chi connectivity index (χ3v) is 8.23. The van der Waals surface area contributed by atoms with Crippen LogP contribution in [0.15, 0.2) is 64.2 Å². The lowest BCUT2D eigenvalue weighted by molar-refractivity contribution is -0.111. The molecule has 4 heterocycles. The molecule has 3 aliphatic rings. The van der Waals surface area contributed by atoms with Crippen LogP contribution in [0.3, 0.4) is 0 Å². The van der Waals surface area contributed by atoms with Gasteiger partial charge in [-0.2, -0.15) is 5.10 Å². The maximum atomic E-state index is 14.3. The number of piperazine rings is 1. The van der Waals surface area contributed by atoms with E-state index in [1.54, 1.807) is 31.0 Å². The van der Waals surface area contributed by atoms with Gasteiger partial charge in [0.2, 0.25) is 0 Å². The third kappa shape index (κ3) is 4.56. The number of hydrogen-bond donors (Lipinski definition) is 0. The summed E-state index contributed by atoms with van der Waals surface area (Å²) in [6, 6.07) is 15.8. The molecule has 2 atom stereocenters. The topological polar surface area (TPSA) is 91.5 Å². The molecule has 9 nitrogen and oxygen atoms in total. The van der Waals surface area contributed by atoms with Crippen molar-refractivity contribution >= 4 is 23.1 Å².